The summed E-state index contributed by atoms with van der Waals surface area (Å²) >= 11 is 0. The number of rotatable bonds is 10. The van der Waals surface area contributed by atoms with Gasteiger partial charge in [-0.3, -0.25) is 4.79 Å². The highest BCUT2D eigenvalue weighted by Gasteiger charge is 2.25. The van der Waals surface area contributed by atoms with Gasteiger partial charge in [0.2, 0.25) is 16.9 Å². The van der Waals surface area contributed by atoms with Crippen LogP contribution in [0.2, 0.25) is 0 Å². The summed E-state index contributed by atoms with van der Waals surface area (Å²) in [5.74, 6) is -1.47. The lowest BCUT2D eigenvalue weighted by Crippen LogP contribution is -2.12. The molecule has 9 nitrogen and oxygen atoms in total. The van der Waals surface area contributed by atoms with Gasteiger partial charge in [0.25, 0.3) is 0 Å². The number of ether oxygens (including phenoxy) is 2. The van der Waals surface area contributed by atoms with Crippen LogP contribution in [-0.2, 0) is 12.8 Å². The normalized spacial score (nSPS) is 12.9. The maximum atomic E-state index is 13.3. The molecule has 9 heteroatoms. The van der Waals surface area contributed by atoms with Crippen molar-refractivity contribution in [2.24, 2.45) is 5.92 Å². The van der Waals surface area contributed by atoms with Gasteiger partial charge >= 0.3 is 0 Å². The van der Waals surface area contributed by atoms with Gasteiger partial charge in [-0.1, -0.05) is 19.1 Å². The Kier molecular flexibility index (Phi) is 8.17. The van der Waals surface area contributed by atoms with Gasteiger partial charge in [-0.05, 0) is 48.9 Å². The van der Waals surface area contributed by atoms with Gasteiger partial charge in [0.1, 0.15) is 16.7 Å². The first-order valence-corrected chi connectivity index (χ1v) is 11.5. The zero-order chi connectivity index (χ0) is 26.7. The molecule has 0 unspecified atom stereocenters. The molecule has 0 aliphatic carbocycles. The van der Waals surface area contributed by atoms with Crippen LogP contribution in [-0.4, -0.2) is 52.5 Å². The molecule has 3 aromatic rings. The van der Waals surface area contributed by atoms with Crippen molar-refractivity contribution in [3.8, 4) is 40.1 Å². The van der Waals surface area contributed by atoms with Gasteiger partial charge in [0, 0.05) is 24.7 Å². The molecule has 194 valence electrons. The standard InChI is InChI=1S/C27H32O9/c1-13(2)18(29)10-16-9-17(8-15(22(16)31)7-6-14(3)12-28)25-27(35-5)24(33)21-20(36-25)11-19(30)26(34-4)23(21)32/h8-9,11,14,18,28-32H,1,6-7,10,12H2,2-5H3/t14-,18+/m1/s1. The van der Waals surface area contributed by atoms with E-state index in [0.717, 1.165) is 6.07 Å². The van der Waals surface area contributed by atoms with Crippen LogP contribution in [0.3, 0.4) is 0 Å². The lowest BCUT2D eigenvalue weighted by atomic mass is 9.93. The van der Waals surface area contributed by atoms with Crippen LogP contribution >= 0.6 is 0 Å². The predicted molar refractivity (Wildman–Crippen MR) is 135 cm³/mol. The maximum absolute atomic E-state index is 13.3. The highest BCUT2D eigenvalue weighted by Crippen LogP contribution is 2.44. The number of aryl methyl sites for hydroxylation is 1. The Morgan fingerprint density at radius 3 is 2.28 bits per heavy atom. The highest BCUT2D eigenvalue weighted by atomic mass is 16.5. The minimum absolute atomic E-state index is 0.00779. The molecule has 0 saturated carbocycles. The molecule has 0 saturated heterocycles. The summed E-state index contributed by atoms with van der Waals surface area (Å²) in [6.07, 6.45) is 0.144. The van der Waals surface area contributed by atoms with Crippen molar-refractivity contribution >= 4 is 11.0 Å². The number of fused-ring (bicyclic) bond motifs is 1. The summed E-state index contributed by atoms with van der Waals surface area (Å²) in [6.45, 7) is 7.31. The van der Waals surface area contributed by atoms with E-state index in [1.165, 1.54) is 14.2 Å². The fraction of sp³-hybridized carbons (Fsp3) is 0.370. The third-order valence-corrected chi connectivity index (χ3v) is 6.19. The van der Waals surface area contributed by atoms with Gasteiger partial charge < -0.3 is 39.4 Å². The van der Waals surface area contributed by atoms with E-state index in [1.807, 2.05) is 6.92 Å². The molecule has 0 bridgehead atoms. The van der Waals surface area contributed by atoms with Gasteiger partial charge in [-0.2, -0.15) is 0 Å². The number of benzene rings is 2. The fourth-order valence-electron chi connectivity index (χ4n) is 3.98. The average molecular weight is 501 g/mol. The van der Waals surface area contributed by atoms with E-state index in [0.29, 0.717) is 35.1 Å². The highest BCUT2D eigenvalue weighted by molar-refractivity contribution is 5.91. The molecule has 1 aromatic heterocycles. The largest absolute Gasteiger partial charge is 0.507 e. The molecule has 36 heavy (non-hydrogen) atoms. The van der Waals surface area contributed by atoms with Crippen molar-refractivity contribution in [1.82, 2.24) is 0 Å². The quantitative estimate of drug-likeness (QED) is 0.263. The van der Waals surface area contributed by atoms with Gasteiger partial charge in [-0.15, -0.1) is 0 Å². The van der Waals surface area contributed by atoms with Crippen LogP contribution in [0.1, 0.15) is 31.4 Å². The Bertz CT molecular complexity index is 1340. The molecule has 0 fully saturated rings. The zero-order valence-electron chi connectivity index (χ0n) is 20.8. The third-order valence-electron chi connectivity index (χ3n) is 6.19. The first-order chi connectivity index (χ1) is 17.0. The number of methoxy groups -OCH3 is 2. The molecule has 2 atom stereocenters. The number of aliphatic hydroxyl groups excluding tert-OH is 2. The Balaban J connectivity index is 2.29. The maximum Gasteiger partial charge on any atom is 0.239 e. The summed E-state index contributed by atoms with van der Waals surface area (Å²) in [4.78, 5) is 13.3. The molecule has 0 aliphatic rings. The summed E-state index contributed by atoms with van der Waals surface area (Å²) < 4.78 is 16.3. The van der Waals surface area contributed by atoms with E-state index in [1.54, 1.807) is 19.1 Å². The van der Waals surface area contributed by atoms with Crippen molar-refractivity contribution in [2.75, 3.05) is 20.8 Å². The second-order valence-corrected chi connectivity index (χ2v) is 8.98. The number of aromatic hydroxyl groups is 3. The van der Waals surface area contributed by atoms with E-state index in [9.17, 15) is 30.3 Å². The second kappa shape index (κ2) is 10.9. The van der Waals surface area contributed by atoms with E-state index in [2.05, 4.69) is 6.58 Å². The van der Waals surface area contributed by atoms with Crippen LogP contribution < -0.4 is 14.9 Å². The lowest BCUT2D eigenvalue weighted by molar-refractivity contribution is 0.210. The molecule has 0 radical (unpaired) electrons. The number of phenols is 3. The molecule has 5 N–H and O–H groups in total. The fourth-order valence-corrected chi connectivity index (χ4v) is 3.98. The topological polar surface area (TPSA) is 150 Å². The first kappa shape index (κ1) is 26.9. The van der Waals surface area contributed by atoms with Crippen LogP contribution in [0.4, 0.5) is 0 Å². The van der Waals surface area contributed by atoms with Gasteiger partial charge in [0.15, 0.2) is 17.3 Å². The summed E-state index contributed by atoms with van der Waals surface area (Å²) in [6, 6.07) is 4.39. The summed E-state index contributed by atoms with van der Waals surface area (Å²) in [7, 11) is 2.52. The van der Waals surface area contributed by atoms with Crippen LogP contribution in [0, 0.1) is 5.92 Å². The molecule has 3 rings (SSSR count). The van der Waals surface area contributed by atoms with Gasteiger partial charge in [-0.25, -0.2) is 0 Å². The smallest absolute Gasteiger partial charge is 0.239 e. The number of phenolic OH excluding ortho intramolecular Hbond substituents is 3. The molecule has 2 aromatic carbocycles. The van der Waals surface area contributed by atoms with Crippen molar-refractivity contribution in [1.29, 1.82) is 0 Å². The Hall–Kier alpha value is -3.69. The van der Waals surface area contributed by atoms with E-state index >= 15 is 0 Å². The van der Waals surface area contributed by atoms with Crippen molar-refractivity contribution in [3.63, 3.8) is 0 Å². The predicted octanol–water partition coefficient (Wildman–Crippen LogP) is 3.63. The summed E-state index contributed by atoms with van der Waals surface area (Å²) in [5.41, 5.74) is 1.05. The Morgan fingerprint density at radius 1 is 1.06 bits per heavy atom. The minimum atomic E-state index is -0.915. The third kappa shape index (κ3) is 5.12. The van der Waals surface area contributed by atoms with Gasteiger partial charge in [0.05, 0.1) is 20.3 Å². The van der Waals surface area contributed by atoms with E-state index in [4.69, 9.17) is 13.9 Å². The van der Waals surface area contributed by atoms with Crippen LogP contribution in [0.25, 0.3) is 22.3 Å². The SMILES string of the molecule is C=C(C)[C@@H](O)Cc1cc(-c2oc3cc(O)c(OC)c(O)c3c(=O)c2OC)cc(CC[C@@H](C)CO)c1O. The number of aliphatic hydroxyl groups is 2. The molecule has 0 aliphatic heterocycles. The average Bonchev–Trinajstić information content (AvgIpc) is 2.83. The molecular weight excluding hydrogens is 468 g/mol. The van der Waals surface area contributed by atoms with Crippen molar-refractivity contribution in [3.05, 3.63) is 51.7 Å². The van der Waals surface area contributed by atoms with E-state index < -0.39 is 23.0 Å². The number of hydrogen-bond acceptors (Lipinski definition) is 9. The lowest BCUT2D eigenvalue weighted by Gasteiger charge is -2.18. The Labute approximate surface area is 208 Å². The van der Waals surface area contributed by atoms with Crippen LogP contribution in [0.15, 0.2) is 39.6 Å². The summed E-state index contributed by atoms with van der Waals surface area (Å²) in [5, 5.41) is 51.3. The van der Waals surface area contributed by atoms with E-state index in [-0.39, 0.29) is 52.9 Å². The first-order valence-electron chi connectivity index (χ1n) is 11.5. The monoisotopic (exact) mass is 500 g/mol. The Morgan fingerprint density at radius 2 is 1.69 bits per heavy atom. The van der Waals surface area contributed by atoms with Crippen molar-refractivity contribution < 1.29 is 39.4 Å². The molecular formula is C27H32O9. The van der Waals surface area contributed by atoms with Crippen molar-refractivity contribution in [2.45, 2.75) is 39.2 Å². The zero-order valence-corrected chi connectivity index (χ0v) is 20.8. The second-order valence-electron chi connectivity index (χ2n) is 8.98. The minimum Gasteiger partial charge on any atom is -0.507 e. The molecule has 0 spiro atoms. The molecule has 1 heterocycles. The van der Waals surface area contributed by atoms with Crippen LogP contribution in [0.5, 0.6) is 28.7 Å². The number of hydrogen-bond donors (Lipinski definition) is 5. The molecule has 0 amide bonds.